The lowest BCUT2D eigenvalue weighted by molar-refractivity contribution is 0.0930. The first-order valence-corrected chi connectivity index (χ1v) is 10.3. The highest BCUT2D eigenvalue weighted by molar-refractivity contribution is 5.94. The van der Waals surface area contributed by atoms with E-state index in [2.05, 4.69) is 28.5 Å². The third-order valence-electron chi connectivity index (χ3n) is 6.48. The van der Waals surface area contributed by atoms with Crippen LogP contribution in [0.3, 0.4) is 0 Å². The van der Waals surface area contributed by atoms with E-state index in [0.717, 1.165) is 29.5 Å². The SMILES string of the molecule is CC(NC(=O)c1ccc(C#N)cc1)C1[C@H]2CC(Oc3cnnc4ccccc34)C[C@@H]12. The van der Waals surface area contributed by atoms with Crippen LogP contribution in [0.4, 0.5) is 0 Å². The molecule has 5 atom stereocenters. The summed E-state index contributed by atoms with van der Waals surface area (Å²) in [5.74, 6) is 2.39. The molecular weight excluding hydrogens is 376 g/mol. The third kappa shape index (κ3) is 3.37. The van der Waals surface area contributed by atoms with Gasteiger partial charge in [-0.25, -0.2) is 0 Å². The van der Waals surface area contributed by atoms with Crippen molar-refractivity contribution < 1.29 is 9.53 Å². The molecule has 6 heteroatoms. The number of aromatic nitrogens is 2. The molecule has 30 heavy (non-hydrogen) atoms. The van der Waals surface area contributed by atoms with Crippen molar-refractivity contribution in [2.24, 2.45) is 17.8 Å². The minimum Gasteiger partial charge on any atom is -0.488 e. The predicted octanol–water partition coefficient (Wildman–Crippen LogP) is 3.72. The Morgan fingerprint density at radius 1 is 1.17 bits per heavy atom. The van der Waals surface area contributed by atoms with E-state index in [1.807, 2.05) is 24.3 Å². The summed E-state index contributed by atoms with van der Waals surface area (Å²) in [6.07, 6.45) is 3.89. The molecule has 1 heterocycles. The van der Waals surface area contributed by atoms with Crippen LogP contribution in [0.15, 0.2) is 54.7 Å². The maximum absolute atomic E-state index is 12.5. The Bertz CT molecular complexity index is 1120. The molecule has 0 bridgehead atoms. The summed E-state index contributed by atoms with van der Waals surface area (Å²) in [7, 11) is 0. The molecule has 2 aliphatic carbocycles. The number of rotatable bonds is 5. The number of hydrogen-bond donors (Lipinski definition) is 1. The summed E-state index contributed by atoms with van der Waals surface area (Å²) >= 11 is 0. The van der Waals surface area contributed by atoms with E-state index in [0.29, 0.717) is 28.9 Å². The quantitative estimate of drug-likeness (QED) is 0.708. The first kappa shape index (κ1) is 18.6. The van der Waals surface area contributed by atoms with Crippen molar-refractivity contribution in [3.63, 3.8) is 0 Å². The number of nitrogens with zero attached hydrogens (tertiary/aromatic N) is 3. The van der Waals surface area contributed by atoms with E-state index in [9.17, 15) is 4.79 Å². The van der Waals surface area contributed by atoms with Crippen molar-refractivity contribution in [2.75, 3.05) is 0 Å². The second-order valence-corrected chi connectivity index (χ2v) is 8.29. The lowest BCUT2D eigenvalue weighted by Gasteiger charge is -2.21. The minimum atomic E-state index is -0.0842. The van der Waals surface area contributed by atoms with E-state index in [-0.39, 0.29) is 18.1 Å². The molecule has 150 valence electrons. The number of fused-ring (bicyclic) bond motifs is 2. The molecule has 1 N–H and O–H groups in total. The smallest absolute Gasteiger partial charge is 0.251 e. The standard InChI is InChI=1S/C24H22N4O2/c1-14(27-24(29)16-8-6-15(12-25)7-9-16)23-19-10-17(11-20(19)23)30-22-13-26-28-21-5-3-2-4-18(21)22/h2-9,13-14,17,19-20,23H,10-11H2,1H3,(H,27,29)/t14?,17?,19-,20+,23?. The Morgan fingerprint density at radius 2 is 1.90 bits per heavy atom. The van der Waals surface area contributed by atoms with Crippen molar-refractivity contribution in [1.29, 1.82) is 5.26 Å². The topological polar surface area (TPSA) is 87.9 Å². The molecule has 0 radical (unpaired) electrons. The van der Waals surface area contributed by atoms with Gasteiger partial charge in [-0.1, -0.05) is 12.1 Å². The van der Waals surface area contributed by atoms with Crippen LogP contribution in [0.25, 0.3) is 10.9 Å². The van der Waals surface area contributed by atoms with Crippen LogP contribution in [0.1, 0.15) is 35.7 Å². The molecule has 1 aromatic heterocycles. The van der Waals surface area contributed by atoms with Gasteiger partial charge in [0.2, 0.25) is 0 Å². The second-order valence-electron chi connectivity index (χ2n) is 8.29. The predicted molar refractivity (Wildman–Crippen MR) is 112 cm³/mol. The van der Waals surface area contributed by atoms with Crippen LogP contribution < -0.4 is 10.1 Å². The Labute approximate surface area is 174 Å². The van der Waals surface area contributed by atoms with Gasteiger partial charge in [0.15, 0.2) is 0 Å². The fourth-order valence-electron chi connectivity index (χ4n) is 5.02. The summed E-state index contributed by atoms with van der Waals surface area (Å²) in [5, 5.41) is 21.2. The zero-order chi connectivity index (χ0) is 20.7. The molecule has 1 amide bonds. The zero-order valence-corrected chi connectivity index (χ0v) is 16.7. The number of nitriles is 1. The maximum atomic E-state index is 12.5. The molecule has 0 spiro atoms. The number of nitrogens with one attached hydrogen (secondary N) is 1. The zero-order valence-electron chi connectivity index (χ0n) is 16.7. The number of benzene rings is 2. The summed E-state index contributed by atoms with van der Waals surface area (Å²) in [4.78, 5) is 12.5. The third-order valence-corrected chi connectivity index (χ3v) is 6.48. The van der Waals surface area contributed by atoms with Crippen molar-refractivity contribution >= 4 is 16.8 Å². The fourth-order valence-corrected chi connectivity index (χ4v) is 5.02. The molecule has 5 rings (SSSR count). The molecule has 2 aromatic carbocycles. The second kappa shape index (κ2) is 7.42. The van der Waals surface area contributed by atoms with Gasteiger partial charge < -0.3 is 10.1 Å². The number of carbonyl (C=O) groups excluding carboxylic acids is 1. The van der Waals surface area contributed by atoms with E-state index in [1.165, 1.54) is 0 Å². The van der Waals surface area contributed by atoms with Crippen LogP contribution in [0, 0.1) is 29.1 Å². The van der Waals surface area contributed by atoms with Gasteiger partial charge in [0.25, 0.3) is 5.91 Å². The first-order chi connectivity index (χ1) is 14.6. The van der Waals surface area contributed by atoms with Crippen molar-refractivity contribution in [1.82, 2.24) is 15.5 Å². The summed E-state index contributed by atoms with van der Waals surface area (Å²) in [6, 6.07) is 16.8. The highest BCUT2D eigenvalue weighted by atomic mass is 16.5. The Balaban J connectivity index is 1.17. The van der Waals surface area contributed by atoms with E-state index in [1.54, 1.807) is 30.5 Å². The van der Waals surface area contributed by atoms with Gasteiger partial charge in [-0.3, -0.25) is 4.79 Å². The normalized spacial score (nSPS) is 25.2. The van der Waals surface area contributed by atoms with Crippen LogP contribution in [-0.4, -0.2) is 28.3 Å². The van der Waals surface area contributed by atoms with E-state index >= 15 is 0 Å². The van der Waals surface area contributed by atoms with Gasteiger partial charge in [-0.15, -0.1) is 0 Å². The molecule has 0 saturated heterocycles. The largest absolute Gasteiger partial charge is 0.488 e. The van der Waals surface area contributed by atoms with Crippen LogP contribution >= 0.6 is 0 Å². The first-order valence-electron chi connectivity index (χ1n) is 10.3. The van der Waals surface area contributed by atoms with Gasteiger partial charge >= 0.3 is 0 Å². The maximum Gasteiger partial charge on any atom is 0.251 e. The van der Waals surface area contributed by atoms with Crippen LogP contribution in [-0.2, 0) is 0 Å². The average Bonchev–Trinajstić information content (AvgIpc) is 3.29. The minimum absolute atomic E-state index is 0.0842. The molecule has 3 unspecified atom stereocenters. The Morgan fingerprint density at radius 3 is 2.63 bits per heavy atom. The van der Waals surface area contributed by atoms with Crippen LogP contribution in [0.2, 0.25) is 0 Å². The lowest BCUT2D eigenvalue weighted by Crippen LogP contribution is -2.36. The van der Waals surface area contributed by atoms with Gasteiger partial charge in [0, 0.05) is 17.0 Å². The van der Waals surface area contributed by atoms with Crippen LogP contribution in [0.5, 0.6) is 5.75 Å². The molecule has 2 fully saturated rings. The number of ether oxygens (including phenoxy) is 1. The molecular formula is C24H22N4O2. The Kier molecular flexibility index (Phi) is 4.59. The highest BCUT2D eigenvalue weighted by Gasteiger charge is 2.58. The monoisotopic (exact) mass is 398 g/mol. The van der Waals surface area contributed by atoms with E-state index < -0.39 is 0 Å². The highest BCUT2D eigenvalue weighted by Crippen LogP contribution is 2.59. The molecule has 2 saturated carbocycles. The fraction of sp³-hybridized carbons (Fsp3) is 0.333. The molecule has 2 aliphatic rings. The average molecular weight is 398 g/mol. The number of amides is 1. The Hall–Kier alpha value is -3.46. The summed E-state index contributed by atoms with van der Waals surface area (Å²) < 4.78 is 6.27. The van der Waals surface area contributed by atoms with Gasteiger partial charge in [-0.2, -0.15) is 15.5 Å². The lowest BCUT2D eigenvalue weighted by atomic mass is 10.0. The van der Waals surface area contributed by atoms with Crippen molar-refractivity contribution in [3.8, 4) is 11.8 Å². The summed E-state index contributed by atoms with van der Waals surface area (Å²) in [5.41, 5.74) is 1.99. The molecule has 3 aromatic rings. The molecule has 0 aliphatic heterocycles. The van der Waals surface area contributed by atoms with E-state index in [4.69, 9.17) is 10.00 Å². The van der Waals surface area contributed by atoms with Crippen molar-refractivity contribution in [2.45, 2.75) is 31.9 Å². The molecule has 6 nitrogen and oxygen atoms in total. The number of hydrogen-bond acceptors (Lipinski definition) is 5. The van der Waals surface area contributed by atoms with Gasteiger partial charge in [0.1, 0.15) is 5.75 Å². The number of carbonyl (C=O) groups is 1. The van der Waals surface area contributed by atoms with Gasteiger partial charge in [0.05, 0.1) is 29.5 Å². The summed E-state index contributed by atoms with van der Waals surface area (Å²) in [6.45, 7) is 2.08. The van der Waals surface area contributed by atoms with Crippen molar-refractivity contribution in [3.05, 3.63) is 65.9 Å². The van der Waals surface area contributed by atoms with Gasteiger partial charge in [-0.05, 0) is 73.9 Å².